The molecule has 0 spiro atoms. The Kier molecular flexibility index (Phi) is 7.70. The normalized spacial score (nSPS) is 22.5. The zero-order chi connectivity index (χ0) is 24.5. The van der Waals surface area contributed by atoms with Crippen LogP contribution in [0.3, 0.4) is 0 Å². The van der Waals surface area contributed by atoms with Gasteiger partial charge in [-0.1, -0.05) is 27.5 Å². The summed E-state index contributed by atoms with van der Waals surface area (Å²) in [4.78, 5) is 30.9. The molecule has 1 N–H and O–H groups in total. The van der Waals surface area contributed by atoms with Crippen LogP contribution in [-0.4, -0.2) is 48.1 Å². The Hall–Kier alpha value is -1.64. The summed E-state index contributed by atoms with van der Waals surface area (Å²) in [5, 5.41) is 3.43. The van der Waals surface area contributed by atoms with Crippen LogP contribution < -0.4 is 5.32 Å². The van der Waals surface area contributed by atoms with Gasteiger partial charge < -0.3 is 15.0 Å². The van der Waals surface area contributed by atoms with Crippen LogP contribution in [0.4, 0.5) is 4.79 Å². The fourth-order valence-corrected chi connectivity index (χ4v) is 7.20. The minimum atomic E-state index is -0.396. The van der Waals surface area contributed by atoms with Crippen molar-refractivity contribution in [3.63, 3.8) is 0 Å². The standard InChI is InChI=1S/C26H28Br2ClN3O3/c27-19-9-18-2-1-17-10-20(29)11-22(28)24(17)21(25(18)30-13-19)7-15-3-5-32(6-4-15)23(33)8-16-12-31-26(34)35-14-16/h9-11,13,15-16,21H,1-8,12,14H2,(H,31,34). The summed E-state index contributed by atoms with van der Waals surface area (Å²) in [5.74, 6) is 0.902. The number of benzene rings is 1. The summed E-state index contributed by atoms with van der Waals surface area (Å²) < 4.78 is 7.09. The zero-order valence-corrected chi connectivity index (χ0v) is 23.3. The number of halogens is 3. The van der Waals surface area contributed by atoms with Gasteiger partial charge in [-0.3, -0.25) is 9.78 Å². The molecule has 186 valence electrons. The Morgan fingerprint density at radius 1 is 1.14 bits per heavy atom. The minimum Gasteiger partial charge on any atom is -0.449 e. The van der Waals surface area contributed by atoms with Crippen molar-refractivity contribution in [1.29, 1.82) is 0 Å². The van der Waals surface area contributed by atoms with Crippen LogP contribution in [-0.2, 0) is 22.4 Å². The van der Waals surface area contributed by atoms with Crippen LogP contribution in [0, 0.1) is 11.8 Å². The number of likely N-dealkylation sites (tertiary alicyclic amines) is 1. The first-order valence-corrected chi connectivity index (χ1v) is 14.1. The molecule has 35 heavy (non-hydrogen) atoms. The van der Waals surface area contributed by atoms with Crippen LogP contribution in [0.15, 0.2) is 33.3 Å². The van der Waals surface area contributed by atoms with Gasteiger partial charge in [0.05, 0.1) is 12.3 Å². The lowest BCUT2D eigenvalue weighted by Gasteiger charge is -2.35. The number of ether oxygens (including phenoxy) is 1. The molecule has 2 atom stereocenters. The summed E-state index contributed by atoms with van der Waals surface area (Å²) in [6.45, 7) is 2.36. The Balaban J connectivity index is 1.29. The highest BCUT2D eigenvalue weighted by molar-refractivity contribution is 9.10. The van der Waals surface area contributed by atoms with Crippen molar-refractivity contribution in [2.45, 2.75) is 44.4 Å². The fraction of sp³-hybridized carbons (Fsp3) is 0.500. The monoisotopic (exact) mass is 623 g/mol. The van der Waals surface area contributed by atoms with E-state index in [0.717, 1.165) is 64.9 Å². The van der Waals surface area contributed by atoms with Crippen LogP contribution in [0.1, 0.15) is 54.0 Å². The molecule has 5 rings (SSSR count). The zero-order valence-electron chi connectivity index (χ0n) is 19.4. The Morgan fingerprint density at radius 2 is 1.91 bits per heavy atom. The maximum absolute atomic E-state index is 12.9. The van der Waals surface area contributed by atoms with Crippen molar-refractivity contribution in [2.24, 2.45) is 11.8 Å². The first kappa shape index (κ1) is 25.0. The van der Waals surface area contributed by atoms with Gasteiger partial charge in [-0.25, -0.2) is 4.79 Å². The van der Waals surface area contributed by atoms with Gasteiger partial charge in [-0.2, -0.15) is 0 Å². The summed E-state index contributed by atoms with van der Waals surface area (Å²) in [5.41, 5.74) is 5.05. The van der Waals surface area contributed by atoms with Crippen LogP contribution in [0.2, 0.25) is 5.02 Å². The molecule has 0 saturated carbocycles. The van der Waals surface area contributed by atoms with Crippen LogP contribution >= 0.6 is 43.5 Å². The number of alkyl carbamates (subject to hydrolysis) is 1. The number of pyridine rings is 1. The fourth-order valence-electron chi connectivity index (χ4n) is 5.67. The van der Waals surface area contributed by atoms with Crippen molar-refractivity contribution in [3.05, 3.63) is 60.7 Å². The second kappa shape index (κ2) is 10.8. The third-order valence-corrected chi connectivity index (χ3v) is 8.78. The molecule has 0 bridgehead atoms. The van der Waals surface area contributed by atoms with E-state index >= 15 is 0 Å². The third-order valence-electron chi connectivity index (χ3n) is 7.48. The predicted molar refractivity (Wildman–Crippen MR) is 142 cm³/mol. The average molecular weight is 626 g/mol. The molecule has 2 saturated heterocycles. The van der Waals surface area contributed by atoms with E-state index in [1.165, 1.54) is 16.7 Å². The quantitative estimate of drug-likeness (QED) is 0.462. The van der Waals surface area contributed by atoms with E-state index in [1.807, 2.05) is 17.2 Å². The van der Waals surface area contributed by atoms with Gasteiger partial charge in [-0.05, 0) is 88.8 Å². The topological polar surface area (TPSA) is 71.5 Å². The van der Waals surface area contributed by atoms with E-state index in [0.29, 0.717) is 25.5 Å². The molecule has 2 amide bonds. The molecule has 2 aromatic rings. The largest absolute Gasteiger partial charge is 0.449 e. The molecular weight excluding hydrogens is 598 g/mol. The first-order chi connectivity index (χ1) is 16.9. The minimum absolute atomic E-state index is 0.0477. The molecule has 1 aromatic heterocycles. The number of carbonyl (C=O) groups excluding carboxylic acids is 2. The maximum atomic E-state index is 12.9. The van der Waals surface area contributed by atoms with Gasteiger partial charge in [0.2, 0.25) is 5.91 Å². The van der Waals surface area contributed by atoms with Gasteiger partial charge in [0.25, 0.3) is 0 Å². The summed E-state index contributed by atoms with van der Waals surface area (Å²) in [7, 11) is 0. The molecule has 6 nitrogen and oxygen atoms in total. The van der Waals surface area contributed by atoms with E-state index in [-0.39, 0.29) is 17.7 Å². The second-order valence-electron chi connectivity index (χ2n) is 9.82. The van der Waals surface area contributed by atoms with E-state index in [4.69, 9.17) is 21.3 Å². The van der Waals surface area contributed by atoms with Crippen LogP contribution in [0.5, 0.6) is 0 Å². The molecule has 3 aliphatic rings. The lowest BCUT2D eigenvalue weighted by molar-refractivity contribution is -0.134. The Bertz CT molecular complexity index is 1130. The lowest BCUT2D eigenvalue weighted by atomic mass is 9.80. The molecule has 9 heteroatoms. The van der Waals surface area contributed by atoms with Gasteiger partial charge in [0, 0.05) is 58.1 Å². The lowest BCUT2D eigenvalue weighted by Crippen LogP contribution is -2.44. The smallest absolute Gasteiger partial charge is 0.407 e. The average Bonchev–Trinajstić information content (AvgIpc) is 2.97. The Morgan fingerprint density at radius 3 is 2.66 bits per heavy atom. The molecule has 0 radical (unpaired) electrons. The highest BCUT2D eigenvalue weighted by Crippen LogP contribution is 2.44. The number of carbonyl (C=O) groups is 2. The van der Waals surface area contributed by atoms with Crippen molar-refractivity contribution < 1.29 is 14.3 Å². The van der Waals surface area contributed by atoms with Gasteiger partial charge >= 0.3 is 6.09 Å². The van der Waals surface area contributed by atoms with Gasteiger partial charge in [0.1, 0.15) is 0 Å². The third kappa shape index (κ3) is 5.70. The molecule has 2 unspecified atom stereocenters. The van der Waals surface area contributed by atoms with Crippen LogP contribution in [0.25, 0.3) is 0 Å². The molecule has 2 aliphatic heterocycles. The number of cyclic esters (lactones) is 1. The SMILES string of the molecule is O=C1NCC(CC(=O)N2CCC(CC3c4ncc(Br)cc4CCc4cc(Cl)cc(Br)c43)CC2)CO1. The number of piperidine rings is 1. The molecule has 1 aromatic carbocycles. The summed E-state index contributed by atoms with van der Waals surface area (Å²) in [6.07, 6.45) is 6.76. The predicted octanol–water partition coefficient (Wildman–Crippen LogP) is 5.87. The highest BCUT2D eigenvalue weighted by atomic mass is 79.9. The number of hydrogen-bond donors (Lipinski definition) is 1. The van der Waals surface area contributed by atoms with E-state index in [1.54, 1.807) is 0 Å². The van der Waals surface area contributed by atoms with Gasteiger partial charge in [-0.15, -0.1) is 0 Å². The maximum Gasteiger partial charge on any atom is 0.407 e. The van der Waals surface area contributed by atoms with Gasteiger partial charge in [0.15, 0.2) is 0 Å². The number of aryl methyl sites for hydroxylation is 2. The number of amides is 2. The molecule has 3 heterocycles. The van der Waals surface area contributed by atoms with E-state index in [2.05, 4.69) is 49.3 Å². The number of aromatic nitrogens is 1. The van der Waals surface area contributed by atoms with E-state index < -0.39 is 6.09 Å². The number of nitrogens with one attached hydrogen (secondary N) is 1. The summed E-state index contributed by atoms with van der Waals surface area (Å²) >= 11 is 13.8. The molecule has 1 aliphatic carbocycles. The van der Waals surface area contributed by atoms with E-state index in [9.17, 15) is 9.59 Å². The van der Waals surface area contributed by atoms with Crippen molar-refractivity contribution in [3.8, 4) is 0 Å². The summed E-state index contributed by atoms with van der Waals surface area (Å²) in [6, 6.07) is 6.31. The first-order valence-electron chi connectivity index (χ1n) is 12.2. The number of rotatable bonds is 4. The van der Waals surface area contributed by atoms with Crippen molar-refractivity contribution in [1.82, 2.24) is 15.2 Å². The molecular formula is C26H28Br2ClN3O3. The number of hydrogen-bond acceptors (Lipinski definition) is 4. The Labute approximate surface area is 227 Å². The molecule has 2 fully saturated rings. The number of nitrogens with zero attached hydrogens (tertiary/aromatic N) is 2. The highest BCUT2D eigenvalue weighted by Gasteiger charge is 2.32. The number of fused-ring (bicyclic) bond motifs is 2. The van der Waals surface area contributed by atoms with Crippen molar-refractivity contribution in [2.75, 3.05) is 26.2 Å². The van der Waals surface area contributed by atoms with Crippen molar-refractivity contribution >= 4 is 55.5 Å². The second-order valence-corrected chi connectivity index (χ2v) is 12.0.